The van der Waals surface area contributed by atoms with Crippen LogP contribution >= 0.6 is 15.9 Å². The Morgan fingerprint density at radius 3 is 2.71 bits per heavy atom. The van der Waals surface area contributed by atoms with E-state index in [1.807, 2.05) is 18.2 Å². The summed E-state index contributed by atoms with van der Waals surface area (Å²) in [6.07, 6.45) is 2.10. The van der Waals surface area contributed by atoms with Gasteiger partial charge in [-0.1, -0.05) is 12.1 Å². The highest BCUT2D eigenvalue weighted by Gasteiger charge is 2.45. The van der Waals surface area contributed by atoms with Gasteiger partial charge in [0.15, 0.2) is 0 Å². The molecule has 1 saturated carbocycles. The minimum Gasteiger partial charge on any atom is -0.495 e. The molecule has 2 nitrogen and oxygen atoms in total. The van der Waals surface area contributed by atoms with Crippen molar-refractivity contribution in [3.8, 4) is 5.75 Å². The minimum atomic E-state index is -0.0326. The number of aliphatic hydroxyl groups is 1. The first-order valence-electron chi connectivity index (χ1n) is 4.67. The molecule has 0 saturated heterocycles. The fraction of sp³-hybridized carbons (Fsp3) is 0.455. The largest absolute Gasteiger partial charge is 0.495 e. The van der Waals surface area contributed by atoms with E-state index in [-0.39, 0.29) is 12.0 Å². The molecule has 1 aliphatic rings. The molecule has 0 bridgehead atoms. The van der Waals surface area contributed by atoms with Crippen molar-refractivity contribution in [2.45, 2.75) is 18.3 Å². The van der Waals surface area contributed by atoms with Gasteiger partial charge in [-0.15, -0.1) is 0 Å². The smallest absolute Gasteiger partial charge is 0.136 e. The molecule has 1 aromatic rings. The van der Waals surface area contributed by atoms with Crippen LogP contribution in [0.15, 0.2) is 22.7 Å². The van der Waals surface area contributed by atoms with Crippen molar-refractivity contribution in [3.63, 3.8) is 0 Å². The molecular weight excluding hydrogens is 244 g/mol. The van der Waals surface area contributed by atoms with Crippen molar-refractivity contribution in [2.75, 3.05) is 13.7 Å². The number of benzene rings is 1. The lowest BCUT2D eigenvalue weighted by atomic mass is 9.96. The van der Waals surface area contributed by atoms with Crippen molar-refractivity contribution in [1.29, 1.82) is 0 Å². The van der Waals surface area contributed by atoms with Crippen LogP contribution in [-0.4, -0.2) is 18.8 Å². The third kappa shape index (κ3) is 1.44. The highest BCUT2D eigenvalue weighted by atomic mass is 79.9. The van der Waals surface area contributed by atoms with Gasteiger partial charge in [0.2, 0.25) is 0 Å². The predicted molar refractivity (Wildman–Crippen MR) is 58.7 cm³/mol. The third-order valence-electron chi connectivity index (χ3n) is 2.90. The van der Waals surface area contributed by atoms with Crippen molar-refractivity contribution < 1.29 is 9.84 Å². The molecule has 0 aromatic heterocycles. The molecule has 0 unspecified atom stereocenters. The number of halogens is 1. The van der Waals surface area contributed by atoms with E-state index in [0.29, 0.717) is 0 Å². The normalized spacial score (nSPS) is 17.9. The first-order chi connectivity index (χ1) is 6.73. The van der Waals surface area contributed by atoms with Crippen LogP contribution < -0.4 is 4.74 Å². The molecule has 1 aromatic carbocycles. The van der Waals surface area contributed by atoms with Crippen LogP contribution in [0.25, 0.3) is 0 Å². The maximum atomic E-state index is 9.35. The van der Waals surface area contributed by atoms with Crippen LogP contribution in [0, 0.1) is 0 Å². The van der Waals surface area contributed by atoms with Gasteiger partial charge in [-0.2, -0.15) is 0 Å². The lowest BCUT2D eigenvalue weighted by Crippen LogP contribution is -2.13. The summed E-state index contributed by atoms with van der Waals surface area (Å²) in [5.74, 6) is 0.860. The van der Waals surface area contributed by atoms with Crippen LogP contribution in [-0.2, 0) is 5.41 Å². The Morgan fingerprint density at radius 2 is 2.21 bits per heavy atom. The van der Waals surface area contributed by atoms with E-state index < -0.39 is 0 Å². The predicted octanol–water partition coefficient (Wildman–Crippen LogP) is 2.48. The fourth-order valence-corrected chi connectivity index (χ4v) is 2.33. The average molecular weight is 257 g/mol. The molecule has 2 rings (SSSR count). The molecule has 0 radical (unpaired) electrons. The Hall–Kier alpha value is -0.540. The summed E-state index contributed by atoms with van der Waals surface area (Å²) < 4.78 is 6.30. The molecule has 76 valence electrons. The van der Waals surface area contributed by atoms with Crippen LogP contribution in [0.1, 0.15) is 18.4 Å². The standard InChI is InChI=1S/C11H13BrO2/c1-14-10-8(3-2-4-9(10)12)11(7-13)5-6-11/h2-4,13H,5-7H2,1H3. The zero-order valence-electron chi connectivity index (χ0n) is 8.09. The maximum absolute atomic E-state index is 9.35. The molecule has 1 N–H and O–H groups in total. The van der Waals surface area contributed by atoms with Crippen molar-refractivity contribution in [3.05, 3.63) is 28.2 Å². The number of rotatable bonds is 3. The second kappa shape index (κ2) is 3.55. The van der Waals surface area contributed by atoms with E-state index in [1.54, 1.807) is 7.11 Å². The van der Waals surface area contributed by atoms with E-state index in [9.17, 15) is 5.11 Å². The molecule has 1 aliphatic carbocycles. The first kappa shape index (κ1) is 9.99. The molecule has 1 fully saturated rings. The second-order valence-corrected chi connectivity index (χ2v) is 4.61. The van der Waals surface area contributed by atoms with Gasteiger partial charge in [0, 0.05) is 11.0 Å². The van der Waals surface area contributed by atoms with Gasteiger partial charge < -0.3 is 9.84 Å². The van der Waals surface area contributed by atoms with Crippen LogP contribution in [0.2, 0.25) is 0 Å². The van der Waals surface area contributed by atoms with Crippen LogP contribution in [0.4, 0.5) is 0 Å². The first-order valence-corrected chi connectivity index (χ1v) is 5.47. The third-order valence-corrected chi connectivity index (χ3v) is 3.52. The summed E-state index contributed by atoms with van der Waals surface area (Å²) in [7, 11) is 1.66. The Morgan fingerprint density at radius 1 is 1.50 bits per heavy atom. The van der Waals surface area contributed by atoms with E-state index in [0.717, 1.165) is 28.6 Å². The van der Waals surface area contributed by atoms with Crippen molar-refractivity contribution in [1.82, 2.24) is 0 Å². The topological polar surface area (TPSA) is 29.5 Å². The van der Waals surface area contributed by atoms with Gasteiger partial charge in [-0.25, -0.2) is 0 Å². The Labute approximate surface area is 92.0 Å². The Kier molecular flexibility index (Phi) is 2.54. The minimum absolute atomic E-state index is 0.0326. The Bertz CT molecular complexity index is 345. The fourth-order valence-electron chi connectivity index (χ4n) is 1.80. The number of ether oxygens (including phenoxy) is 1. The number of hydrogen-bond donors (Lipinski definition) is 1. The van der Waals surface area contributed by atoms with Gasteiger partial charge in [-0.3, -0.25) is 0 Å². The summed E-state index contributed by atoms with van der Waals surface area (Å²) in [5.41, 5.74) is 1.09. The molecule has 0 atom stereocenters. The summed E-state index contributed by atoms with van der Waals surface area (Å²) in [6.45, 7) is 0.208. The zero-order valence-corrected chi connectivity index (χ0v) is 9.67. The SMILES string of the molecule is COc1c(Br)cccc1C1(CO)CC1. The molecular formula is C11H13BrO2. The average Bonchev–Trinajstić information content (AvgIpc) is 2.98. The number of hydrogen-bond acceptors (Lipinski definition) is 2. The molecule has 0 heterocycles. The molecule has 3 heteroatoms. The van der Waals surface area contributed by atoms with Gasteiger partial charge >= 0.3 is 0 Å². The van der Waals surface area contributed by atoms with Crippen molar-refractivity contribution >= 4 is 15.9 Å². The molecule has 0 spiro atoms. The summed E-state index contributed by atoms with van der Waals surface area (Å²) in [6, 6.07) is 5.97. The maximum Gasteiger partial charge on any atom is 0.136 e. The zero-order chi connectivity index (χ0) is 10.2. The lowest BCUT2D eigenvalue weighted by molar-refractivity contribution is 0.251. The van der Waals surface area contributed by atoms with E-state index in [4.69, 9.17) is 4.74 Å². The van der Waals surface area contributed by atoms with E-state index >= 15 is 0 Å². The second-order valence-electron chi connectivity index (χ2n) is 3.76. The van der Waals surface area contributed by atoms with Crippen molar-refractivity contribution in [2.24, 2.45) is 0 Å². The van der Waals surface area contributed by atoms with Gasteiger partial charge in [0.1, 0.15) is 5.75 Å². The monoisotopic (exact) mass is 256 g/mol. The van der Waals surface area contributed by atoms with Crippen LogP contribution in [0.5, 0.6) is 5.75 Å². The Balaban J connectivity index is 2.47. The van der Waals surface area contributed by atoms with Gasteiger partial charge in [-0.05, 0) is 34.8 Å². The highest BCUT2D eigenvalue weighted by Crippen LogP contribution is 2.52. The van der Waals surface area contributed by atoms with Gasteiger partial charge in [0.05, 0.1) is 18.2 Å². The number of methoxy groups -OCH3 is 1. The highest BCUT2D eigenvalue weighted by molar-refractivity contribution is 9.10. The van der Waals surface area contributed by atoms with E-state index in [1.165, 1.54) is 0 Å². The molecule has 0 amide bonds. The van der Waals surface area contributed by atoms with Gasteiger partial charge in [0.25, 0.3) is 0 Å². The summed E-state index contributed by atoms with van der Waals surface area (Å²) in [4.78, 5) is 0. The number of para-hydroxylation sites is 1. The number of aliphatic hydroxyl groups excluding tert-OH is 1. The van der Waals surface area contributed by atoms with Crippen LogP contribution in [0.3, 0.4) is 0 Å². The quantitative estimate of drug-likeness (QED) is 0.901. The lowest BCUT2D eigenvalue weighted by Gasteiger charge is -2.17. The summed E-state index contributed by atoms with van der Waals surface area (Å²) >= 11 is 3.45. The molecule has 0 aliphatic heterocycles. The molecule has 14 heavy (non-hydrogen) atoms. The summed E-state index contributed by atoms with van der Waals surface area (Å²) in [5, 5.41) is 9.35. The van der Waals surface area contributed by atoms with E-state index in [2.05, 4.69) is 15.9 Å².